The summed E-state index contributed by atoms with van der Waals surface area (Å²) < 4.78 is 39.8. The molecule has 2 amide bonds. The molecule has 0 aliphatic heterocycles. The number of halogens is 4. The van der Waals surface area contributed by atoms with Gasteiger partial charge in [0.05, 0.1) is 5.52 Å². The number of aromatic nitrogens is 1. The van der Waals surface area contributed by atoms with Crippen molar-refractivity contribution in [3.8, 4) is 0 Å². The number of primary amides is 1. The number of amides is 2. The van der Waals surface area contributed by atoms with Gasteiger partial charge in [-0.1, -0.05) is 11.6 Å². The van der Waals surface area contributed by atoms with E-state index >= 15 is 0 Å². The number of anilines is 1. The Morgan fingerprint density at radius 2 is 1.77 bits per heavy atom. The summed E-state index contributed by atoms with van der Waals surface area (Å²) in [7, 11) is 0. The average Bonchev–Trinajstić information content (AvgIpc) is 2.67. The van der Waals surface area contributed by atoms with E-state index in [2.05, 4.69) is 15.6 Å². The van der Waals surface area contributed by atoms with E-state index < -0.39 is 17.8 Å². The number of nitrogens with zero attached hydrogens (tertiary/aromatic N) is 1. The Morgan fingerprint density at radius 3 is 2.40 bits per heavy atom. The third kappa shape index (κ3) is 5.75. The van der Waals surface area contributed by atoms with Crippen LogP contribution in [0.4, 0.5) is 18.9 Å². The second kappa shape index (κ2) is 9.07. The molecule has 162 valence electrons. The molecule has 30 heavy (non-hydrogen) atoms. The van der Waals surface area contributed by atoms with Gasteiger partial charge in [-0.05, 0) is 49.9 Å². The SMILES string of the molecule is NC(=O)CCC(=O)NC1CCC(Nc2cc(C(F)(F)F)nc3ccc(Cl)cc23)CC1. The minimum absolute atomic E-state index is 0.00193. The maximum Gasteiger partial charge on any atom is 0.433 e. The zero-order chi connectivity index (χ0) is 21.9. The maximum atomic E-state index is 13.3. The highest BCUT2D eigenvalue weighted by molar-refractivity contribution is 6.31. The molecule has 1 heterocycles. The first-order chi connectivity index (χ1) is 14.1. The lowest BCUT2D eigenvalue weighted by molar-refractivity contribution is -0.140. The fourth-order valence-electron chi connectivity index (χ4n) is 3.60. The molecule has 4 N–H and O–H groups in total. The van der Waals surface area contributed by atoms with E-state index in [1.54, 1.807) is 6.07 Å². The molecule has 0 atom stereocenters. The summed E-state index contributed by atoms with van der Waals surface area (Å²) in [6.45, 7) is 0. The lowest BCUT2D eigenvalue weighted by atomic mass is 9.90. The van der Waals surface area contributed by atoms with Crippen molar-refractivity contribution in [2.24, 2.45) is 5.73 Å². The van der Waals surface area contributed by atoms with Crippen LogP contribution in [0.5, 0.6) is 0 Å². The van der Waals surface area contributed by atoms with E-state index in [-0.39, 0.29) is 36.3 Å². The molecule has 0 saturated heterocycles. The predicted octanol–water partition coefficient (Wildman–Crippen LogP) is 4.01. The van der Waals surface area contributed by atoms with Gasteiger partial charge in [0, 0.05) is 41.0 Å². The van der Waals surface area contributed by atoms with Crippen LogP contribution in [0, 0.1) is 0 Å². The monoisotopic (exact) mass is 442 g/mol. The molecule has 1 aliphatic rings. The normalized spacial score (nSPS) is 19.5. The number of hydrogen-bond donors (Lipinski definition) is 3. The van der Waals surface area contributed by atoms with Crippen molar-refractivity contribution in [1.82, 2.24) is 10.3 Å². The highest BCUT2D eigenvalue weighted by Gasteiger charge is 2.34. The number of carbonyl (C=O) groups excluding carboxylic acids is 2. The Labute approximate surface area is 176 Å². The topological polar surface area (TPSA) is 97.1 Å². The van der Waals surface area contributed by atoms with E-state index in [0.29, 0.717) is 41.8 Å². The van der Waals surface area contributed by atoms with Crippen LogP contribution < -0.4 is 16.4 Å². The van der Waals surface area contributed by atoms with Gasteiger partial charge < -0.3 is 16.4 Å². The second-order valence-electron chi connectivity index (χ2n) is 7.44. The van der Waals surface area contributed by atoms with E-state index in [0.717, 1.165) is 6.07 Å². The smallest absolute Gasteiger partial charge is 0.382 e. The zero-order valence-electron chi connectivity index (χ0n) is 16.1. The van der Waals surface area contributed by atoms with E-state index in [1.165, 1.54) is 12.1 Å². The van der Waals surface area contributed by atoms with Crippen molar-refractivity contribution in [2.45, 2.75) is 56.8 Å². The number of pyridine rings is 1. The average molecular weight is 443 g/mol. The van der Waals surface area contributed by atoms with Crippen LogP contribution in [-0.4, -0.2) is 28.9 Å². The fraction of sp³-hybridized carbons (Fsp3) is 0.450. The van der Waals surface area contributed by atoms with E-state index in [9.17, 15) is 22.8 Å². The van der Waals surface area contributed by atoms with Crippen molar-refractivity contribution in [3.05, 3.63) is 35.0 Å². The van der Waals surface area contributed by atoms with Crippen molar-refractivity contribution >= 4 is 40.0 Å². The quantitative estimate of drug-likeness (QED) is 0.629. The van der Waals surface area contributed by atoms with Crippen molar-refractivity contribution in [3.63, 3.8) is 0 Å². The molecule has 2 aromatic rings. The van der Waals surface area contributed by atoms with Gasteiger partial charge >= 0.3 is 6.18 Å². The molecular formula is C20H22ClF3N4O2. The van der Waals surface area contributed by atoms with E-state index in [4.69, 9.17) is 17.3 Å². The Morgan fingerprint density at radius 1 is 1.10 bits per heavy atom. The number of fused-ring (bicyclic) bond motifs is 1. The van der Waals surface area contributed by atoms with Crippen LogP contribution in [0.3, 0.4) is 0 Å². The number of rotatable bonds is 6. The molecule has 1 aromatic carbocycles. The third-order valence-corrected chi connectivity index (χ3v) is 5.35. The van der Waals surface area contributed by atoms with Crippen molar-refractivity contribution < 1.29 is 22.8 Å². The predicted molar refractivity (Wildman–Crippen MR) is 108 cm³/mol. The second-order valence-corrected chi connectivity index (χ2v) is 7.88. The molecule has 1 aliphatic carbocycles. The molecule has 0 bridgehead atoms. The van der Waals surface area contributed by atoms with Crippen LogP contribution in [0.25, 0.3) is 10.9 Å². The summed E-state index contributed by atoms with van der Waals surface area (Å²) in [5.41, 5.74) is 4.63. The summed E-state index contributed by atoms with van der Waals surface area (Å²) in [5, 5.41) is 7.02. The van der Waals surface area contributed by atoms with Gasteiger partial charge in [0.25, 0.3) is 0 Å². The molecule has 0 spiro atoms. The summed E-state index contributed by atoms with van der Waals surface area (Å²) in [6, 6.07) is 5.50. The van der Waals surface area contributed by atoms with E-state index in [1.807, 2.05) is 0 Å². The fourth-order valence-corrected chi connectivity index (χ4v) is 3.77. The molecule has 3 rings (SSSR count). The van der Waals surface area contributed by atoms with Gasteiger partial charge in [-0.3, -0.25) is 9.59 Å². The summed E-state index contributed by atoms with van der Waals surface area (Å²) in [6.07, 6.45) is -1.80. The highest BCUT2D eigenvalue weighted by atomic mass is 35.5. The van der Waals surface area contributed by atoms with Gasteiger partial charge in [-0.2, -0.15) is 13.2 Å². The van der Waals surface area contributed by atoms with Crippen LogP contribution in [-0.2, 0) is 15.8 Å². The van der Waals surface area contributed by atoms with Crippen LogP contribution in [0.2, 0.25) is 5.02 Å². The lowest BCUT2D eigenvalue weighted by Crippen LogP contribution is -2.40. The minimum Gasteiger partial charge on any atom is -0.382 e. The van der Waals surface area contributed by atoms with Gasteiger partial charge in [0.2, 0.25) is 11.8 Å². The maximum absolute atomic E-state index is 13.3. The number of alkyl halides is 3. The molecule has 6 nitrogen and oxygen atoms in total. The number of benzene rings is 1. The number of nitrogens with one attached hydrogen (secondary N) is 2. The van der Waals surface area contributed by atoms with Crippen LogP contribution in [0.15, 0.2) is 24.3 Å². The molecule has 1 saturated carbocycles. The van der Waals surface area contributed by atoms with Crippen LogP contribution in [0.1, 0.15) is 44.2 Å². The van der Waals surface area contributed by atoms with Gasteiger partial charge in [-0.25, -0.2) is 4.98 Å². The minimum atomic E-state index is -4.56. The zero-order valence-corrected chi connectivity index (χ0v) is 16.8. The number of carbonyl (C=O) groups is 2. The molecule has 1 fully saturated rings. The lowest BCUT2D eigenvalue weighted by Gasteiger charge is -2.30. The number of hydrogen-bond acceptors (Lipinski definition) is 4. The van der Waals surface area contributed by atoms with Gasteiger partial charge in [0.1, 0.15) is 5.69 Å². The van der Waals surface area contributed by atoms with Crippen molar-refractivity contribution in [1.29, 1.82) is 0 Å². The molecule has 0 radical (unpaired) electrons. The first kappa shape index (κ1) is 22.1. The Hall–Kier alpha value is -2.55. The first-order valence-corrected chi connectivity index (χ1v) is 10.0. The van der Waals surface area contributed by atoms with Gasteiger partial charge in [0.15, 0.2) is 0 Å². The van der Waals surface area contributed by atoms with Crippen molar-refractivity contribution in [2.75, 3.05) is 5.32 Å². The number of nitrogens with two attached hydrogens (primary N) is 1. The standard InChI is InChI=1S/C20H22ClF3N4O2/c21-11-1-6-15-14(9-11)16(10-17(28-15)20(22,23)24)26-12-2-4-13(5-3-12)27-19(30)8-7-18(25)29/h1,6,9-10,12-13H,2-5,7-8H2,(H2,25,29)(H,26,28)(H,27,30). The highest BCUT2D eigenvalue weighted by Crippen LogP contribution is 2.35. The summed E-state index contributed by atoms with van der Waals surface area (Å²) in [5.74, 6) is -0.754. The Balaban J connectivity index is 1.68. The first-order valence-electron chi connectivity index (χ1n) is 9.63. The largest absolute Gasteiger partial charge is 0.433 e. The molecular weight excluding hydrogens is 421 g/mol. The molecule has 1 aromatic heterocycles. The Kier molecular flexibility index (Phi) is 6.70. The van der Waals surface area contributed by atoms with Gasteiger partial charge in [-0.15, -0.1) is 0 Å². The molecule has 10 heteroatoms. The Bertz CT molecular complexity index is 944. The summed E-state index contributed by atoms with van der Waals surface area (Å²) in [4.78, 5) is 26.3. The third-order valence-electron chi connectivity index (χ3n) is 5.11. The van der Waals surface area contributed by atoms with Crippen LogP contribution >= 0.6 is 11.6 Å². The summed E-state index contributed by atoms with van der Waals surface area (Å²) >= 11 is 6.03. The molecule has 0 unspecified atom stereocenters.